The number of rotatable bonds is 9. The van der Waals surface area contributed by atoms with Gasteiger partial charge in [0.2, 0.25) is 0 Å². The van der Waals surface area contributed by atoms with Crippen molar-refractivity contribution in [2.75, 3.05) is 19.5 Å². The monoisotopic (exact) mass is 371 g/mol. The smallest absolute Gasteiger partial charge is 0.265 e. The second kappa shape index (κ2) is 9.86. The Bertz CT molecular complexity index is 760. The SMILES string of the molecule is CCC(Oc1ccccc1C(C)CC)C(=O)Nc1ccc(OC)c(OC)c1. The Labute approximate surface area is 161 Å². The summed E-state index contributed by atoms with van der Waals surface area (Å²) in [5, 5.41) is 2.90. The number of hydrogen-bond donors (Lipinski definition) is 1. The van der Waals surface area contributed by atoms with Crippen molar-refractivity contribution in [2.24, 2.45) is 0 Å². The predicted octanol–water partition coefficient (Wildman–Crippen LogP) is 5.01. The number of amides is 1. The van der Waals surface area contributed by atoms with Crippen LogP contribution in [0.2, 0.25) is 0 Å². The molecule has 2 unspecified atom stereocenters. The van der Waals surface area contributed by atoms with Gasteiger partial charge < -0.3 is 19.5 Å². The van der Waals surface area contributed by atoms with Gasteiger partial charge in [-0.2, -0.15) is 0 Å². The molecule has 2 aromatic rings. The molecule has 0 aliphatic heterocycles. The fourth-order valence-electron chi connectivity index (χ4n) is 2.83. The maximum absolute atomic E-state index is 12.7. The zero-order chi connectivity index (χ0) is 19.8. The lowest BCUT2D eigenvalue weighted by Crippen LogP contribution is -2.32. The average Bonchev–Trinajstić information content (AvgIpc) is 2.71. The molecule has 0 spiro atoms. The molecule has 5 heteroatoms. The van der Waals surface area contributed by atoms with Crippen LogP contribution in [-0.2, 0) is 4.79 Å². The molecule has 0 fully saturated rings. The molecule has 2 rings (SSSR count). The summed E-state index contributed by atoms with van der Waals surface area (Å²) in [6.45, 7) is 6.24. The third-order valence-electron chi connectivity index (χ3n) is 4.65. The zero-order valence-electron chi connectivity index (χ0n) is 16.7. The van der Waals surface area contributed by atoms with Crippen LogP contribution in [0.1, 0.15) is 45.1 Å². The quantitative estimate of drug-likeness (QED) is 0.673. The van der Waals surface area contributed by atoms with Gasteiger partial charge in [-0.15, -0.1) is 0 Å². The molecule has 1 amide bonds. The number of para-hydroxylation sites is 1. The number of hydrogen-bond acceptors (Lipinski definition) is 4. The Morgan fingerprint density at radius 2 is 1.67 bits per heavy atom. The van der Waals surface area contributed by atoms with Crippen molar-refractivity contribution in [3.8, 4) is 17.2 Å². The summed E-state index contributed by atoms with van der Waals surface area (Å²) in [6, 6.07) is 13.2. The minimum absolute atomic E-state index is 0.191. The summed E-state index contributed by atoms with van der Waals surface area (Å²) in [5.41, 5.74) is 1.76. The minimum Gasteiger partial charge on any atom is -0.493 e. The molecule has 27 heavy (non-hydrogen) atoms. The van der Waals surface area contributed by atoms with E-state index in [4.69, 9.17) is 14.2 Å². The molecular formula is C22H29NO4. The van der Waals surface area contributed by atoms with E-state index in [2.05, 4.69) is 25.2 Å². The van der Waals surface area contributed by atoms with Crippen LogP contribution in [0.15, 0.2) is 42.5 Å². The average molecular weight is 371 g/mol. The zero-order valence-corrected chi connectivity index (χ0v) is 16.7. The second-order valence-corrected chi connectivity index (χ2v) is 6.42. The van der Waals surface area contributed by atoms with Gasteiger partial charge in [0, 0.05) is 11.8 Å². The van der Waals surface area contributed by atoms with Crippen molar-refractivity contribution >= 4 is 11.6 Å². The Hall–Kier alpha value is -2.69. The summed E-state index contributed by atoms with van der Waals surface area (Å²) in [4.78, 5) is 12.7. The Morgan fingerprint density at radius 1 is 0.963 bits per heavy atom. The number of nitrogens with one attached hydrogen (secondary N) is 1. The molecule has 0 aliphatic rings. The second-order valence-electron chi connectivity index (χ2n) is 6.42. The first-order chi connectivity index (χ1) is 13.0. The molecule has 0 saturated heterocycles. The number of anilines is 1. The predicted molar refractivity (Wildman–Crippen MR) is 108 cm³/mol. The van der Waals surface area contributed by atoms with Crippen LogP contribution in [-0.4, -0.2) is 26.2 Å². The lowest BCUT2D eigenvalue weighted by molar-refractivity contribution is -0.122. The van der Waals surface area contributed by atoms with Crippen LogP contribution in [0.5, 0.6) is 17.2 Å². The van der Waals surface area contributed by atoms with E-state index in [1.165, 1.54) is 0 Å². The van der Waals surface area contributed by atoms with Crippen LogP contribution in [0, 0.1) is 0 Å². The van der Waals surface area contributed by atoms with Gasteiger partial charge >= 0.3 is 0 Å². The van der Waals surface area contributed by atoms with Gasteiger partial charge in [-0.05, 0) is 42.5 Å². The molecule has 146 valence electrons. The van der Waals surface area contributed by atoms with E-state index in [1.54, 1.807) is 32.4 Å². The molecular weight excluding hydrogens is 342 g/mol. The normalized spacial score (nSPS) is 12.8. The fraction of sp³-hybridized carbons (Fsp3) is 0.409. The Balaban J connectivity index is 2.15. The summed E-state index contributed by atoms with van der Waals surface area (Å²) < 4.78 is 16.6. The van der Waals surface area contributed by atoms with E-state index in [0.29, 0.717) is 29.5 Å². The summed E-state index contributed by atoms with van der Waals surface area (Å²) in [6.07, 6.45) is 0.992. The lowest BCUT2D eigenvalue weighted by atomic mass is 9.98. The van der Waals surface area contributed by atoms with Crippen molar-refractivity contribution in [3.05, 3.63) is 48.0 Å². The van der Waals surface area contributed by atoms with Gasteiger partial charge in [-0.25, -0.2) is 0 Å². The highest BCUT2D eigenvalue weighted by Crippen LogP contribution is 2.31. The first kappa shape index (κ1) is 20.6. The largest absolute Gasteiger partial charge is 0.493 e. The summed E-state index contributed by atoms with van der Waals surface area (Å²) in [7, 11) is 3.14. The van der Waals surface area contributed by atoms with Crippen LogP contribution in [0.4, 0.5) is 5.69 Å². The first-order valence-electron chi connectivity index (χ1n) is 9.32. The maximum atomic E-state index is 12.7. The van der Waals surface area contributed by atoms with Gasteiger partial charge in [0.05, 0.1) is 14.2 Å². The van der Waals surface area contributed by atoms with Crippen LogP contribution in [0.3, 0.4) is 0 Å². The minimum atomic E-state index is -0.580. The van der Waals surface area contributed by atoms with Gasteiger partial charge in [0.25, 0.3) is 5.91 Å². The molecule has 0 bridgehead atoms. The molecule has 0 saturated carbocycles. The number of carbonyl (C=O) groups excluding carboxylic acids is 1. The van der Waals surface area contributed by atoms with E-state index in [9.17, 15) is 4.79 Å². The molecule has 0 aromatic heterocycles. The van der Waals surface area contributed by atoms with Crippen LogP contribution < -0.4 is 19.5 Å². The Morgan fingerprint density at radius 3 is 2.30 bits per heavy atom. The van der Waals surface area contributed by atoms with Crippen LogP contribution in [0.25, 0.3) is 0 Å². The third-order valence-corrected chi connectivity index (χ3v) is 4.65. The molecule has 1 N–H and O–H groups in total. The van der Waals surface area contributed by atoms with Gasteiger partial charge in [-0.3, -0.25) is 4.79 Å². The summed E-state index contributed by atoms with van der Waals surface area (Å²) in [5.74, 6) is 2.12. The highest BCUT2D eigenvalue weighted by atomic mass is 16.5. The number of ether oxygens (including phenoxy) is 3. The van der Waals surface area contributed by atoms with E-state index in [-0.39, 0.29) is 5.91 Å². The van der Waals surface area contributed by atoms with E-state index in [1.807, 2.05) is 25.1 Å². The Kier molecular flexibility index (Phi) is 7.53. The number of benzene rings is 2. The highest BCUT2D eigenvalue weighted by molar-refractivity contribution is 5.94. The molecule has 5 nitrogen and oxygen atoms in total. The third kappa shape index (κ3) is 5.16. The summed E-state index contributed by atoms with van der Waals surface area (Å²) >= 11 is 0. The van der Waals surface area contributed by atoms with Crippen molar-refractivity contribution in [2.45, 2.75) is 45.6 Å². The van der Waals surface area contributed by atoms with Crippen molar-refractivity contribution < 1.29 is 19.0 Å². The topological polar surface area (TPSA) is 56.8 Å². The first-order valence-corrected chi connectivity index (χ1v) is 9.32. The van der Waals surface area contributed by atoms with Crippen LogP contribution >= 0.6 is 0 Å². The number of methoxy groups -OCH3 is 2. The molecule has 2 aromatic carbocycles. The van der Waals surface area contributed by atoms with Crippen molar-refractivity contribution in [3.63, 3.8) is 0 Å². The van der Waals surface area contributed by atoms with Gasteiger partial charge in [0.15, 0.2) is 17.6 Å². The van der Waals surface area contributed by atoms with Gasteiger partial charge in [0.1, 0.15) is 5.75 Å². The molecule has 2 atom stereocenters. The molecule has 0 radical (unpaired) electrons. The van der Waals surface area contributed by atoms with Gasteiger partial charge in [-0.1, -0.05) is 39.0 Å². The maximum Gasteiger partial charge on any atom is 0.265 e. The van der Waals surface area contributed by atoms with E-state index < -0.39 is 6.10 Å². The number of carbonyl (C=O) groups is 1. The fourth-order valence-corrected chi connectivity index (χ4v) is 2.83. The van der Waals surface area contributed by atoms with E-state index in [0.717, 1.165) is 17.7 Å². The highest BCUT2D eigenvalue weighted by Gasteiger charge is 2.21. The lowest BCUT2D eigenvalue weighted by Gasteiger charge is -2.21. The van der Waals surface area contributed by atoms with Crippen molar-refractivity contribution in [1.82, 2.24) is 0 Å². The molecule has 0 aliphatic carbocycles. The van der Waals surface area contributed by atoms with Crippen molar-refractivity contribution in [1.29, 1.82) is 0 Å². The standard InChI is InChI=1S/C22H29NO4/c1-6-15(3)17-10-8-9-11-19(17)27-18(7-2)22(24)23-16-12-13-20(25-4)21(14-16)26-5/h8-15,18H,6-7H2,1-5H3,(H,23,24). The molecule has 0 heterocycles. The van der Waals surface area contributed by atoms with E-state index >= 15 is 0 Å².